The summed E-state index contributed by atoms with van der Waals surface area (Å²) in [5.41, 5.74) is 4.69. The minimum absolute atomic E-state index is 0.0737. The molecule has 4 bridgehead atoms. The van der Waals surface area contributed by atoms with Gasteiger partial charge in [0.2, 0.25) is 5.91 Å². The quantitative estimate of drug-likeness (QED) is 0.323. The fraction of sp³-hybridized carbons (Fsp3) is 0.529. The SMILES string of the molecule is CC1CCC(C(=O)Nc2ccc(-c3cc4cc(C(=O)NC5C6C[C@H]7CC[C@@H]5C[C@@H](C6)C7)ccc4[nH]3)cc2)CC1. The van der Waals surface area contributed by atoms with E-state index in [9.17, 15) is 9.59 Å². The summed E-state index contributed by atoms with van der Waals surface area (Å²) in [6, 6.07) is 16.5. The maximum absolute atomic E-state index is 13.4. The van der Waals surface area contributed by atoms with E-state index < -0.39 is 0 Å². The van der Waals surface area contributed by atoms with Crippen molar-refractivity contribution in [2.45, 2.75) is 77.2 Å². The first-order valence-corrected chi connectivity index (χ1v) is 15.3. The number of carbonyl (C=O) groups is 2. The number of benzene rings is 2. The van der Waals surface area contributed by atoms with Crippen molar-refractivity contribution in [1.82, 2.24) is 10.3 Å². The molecule has 3 aromatic rings. The molecular formula is C34H41N3O2. The van der Waals surface area contributed by atoms with Gasteiger partial charge in [-0.2, -0.15) is 0 Å². The van der Waals surface area contributed by atoms with E-state index in [1.54, 1.807) is 0 Å². The van der Waals surface area contributed by atoms with Gasteiger partial charge in [0.05, 0.1) is 0 Å². The van der Waals surface area contributed by atoms with E-state index in [4.69, 9.17) is 0 Å². The molecule has 2 unspecified atom stereocenters. The standard InChI is InChI=1S/C34H41N3O2/c1-20-2-5-24(6-3-20)33(38)35-29-11-8-23(9-12-29)31-19-27-18-26(10-13-30(27)36-31)34(39)37-32-25-7-4-21-14-22(16-25)17-28(32)15-21/h8-13,18-22,24-25,28,32,36H,2-7,14-17H2,1H3,(H,35,38)(H,37,39)/t20?,21-,22-,24?,25+,28?,32?/m0/s1. The Hall–Kier alpha value is -3.08. The van der Waals surface area contributed by atoms with Gasteiger partial charge in [-0.1, -0.05) is 25.5 Å². The summed E-state index contributed by atoms with van der Waals surface area (Å²) >= 11 is 0. The highest BCUT2D eigenvalue weighted by Gasteiger charge is 2.45. The van der Waals surface area contributed by atoms with Crippen LogP contribution in [-0.2, 0) is 4.79 Å². The Morgan fingerprint density at radius 3 is 2.38 bits per heavy atom. The zero-order chi connectivity index (χ0) is 26.5. The summed E-state index contributed by atoms with van der Waals surface area (Å²) in [6.45, 7) is 2.27. The molecule has 5 saturated carbocycles. The van der Waals surface area contributed by atoms with Crippen LogP contribution in [-0.4, -0.2) is 22.8 Å². The van der Waals surface area contributed by atoms with Crippen molar-refractivity contribution in [2.24, 2.45) is 35.5 Å². The highest BCUT2D eigenvalue weighted by atomic mass is 16.2. The van der Waals surface area contributed by atoms with Gasteiger partial charge in [-0.15, -0.1) is 0 Å². The van der Waals surface area contributed by atoms with Crippen LogP contribution in [0.4, 0.5) is 5.69 Å². The molecular weight excluding hydrogens is 482 g/mol. The molecule has 5 atom stereocenters. The highest BCUT2D eigenvalue weighted by Crippen LogP contribution is 2.51. The van der Waals surface area contributed by atoms with Crippen LogP contribution in [0.5, 0.6) is 0 Å². The summed E-state index contributed by atoms with van der Waals surface area (Å²) in [5.74, 6) is 4.21. The van der Waals surface area contributed by atoms with Crippen molar-refractivity contribution >= 4 is 28.4 Å². The lowest BCUT2D eigenvalue weighted by Crippen LogP contribution is -2.49. The van der Waals surface area contributed by atoms with Crippen LogP contribution >= 0.6 is 0 Å². The maximum atomic E-state index is 13.4. The van der Waals surface area contributed by atoms with Crippen LogP contribution in [0.25, 0.3) is 22.2 Å². The fourth-order valence-electron chi connectivity index (χ4n) is 8.44. The average Bonchev–Trinajstić information content (AvgIpc) is 3.26. The molecule has 0 radical (unpaired) electrons. The van der Waals surface area contributed by atoms with Crippen molar-refractivity contribution in [1.29, 1.82) is 0 Å². The molecule has 204 valence electrons. The first-order valence-electron chi connectivity index (χ1n) is 15.3. The second kappa shape index (κ2) is 10.1. The minimum Gasteiger partial charge on any atom is -0.355 e. The largest absolute Gasteiger partial charge is 0.355 e. The van der Waals surface area contributed by atoms with Crippen molar-refractivity contribution in [3.05, 3.63) is 54.1 Å². The zero-order valence-corrected chi connectivity index (χ0v) is 23.0. The first-order chi connectivity index (χ1) is 19.0. The van der Waals surface area contributed by atoms with Crippen LogP contribution < -0.4 is 10.6 Å². The average molecular weight is 524 g/mol. The molecule has 2 amide bonds. The summed E-state index contributed by atoms with van der Waals surface area (Å²) in [5, 5.41) is 7.65. The summed E-state index contributed by atoms with van der Waals surface area (Å²) in [4.78, 5) is 29.6. The number of carbonyl (C=O) groups excluding carboxylic acids is 2. The third-order valence-electron chi connectivity index (χ3n) is 10.6. The van der Waals surface area contributed by atoms with E-state index in [1.165, 1.54) is 38.5 Å². The molecule has 0 saturated heterocycles. The van der Waals surface area contributed by atoms with Gasteiger partial charge in [0.1, 0.15) is 0 Å². The Morgan fingerprint density at radius 2 is 1.56 bits per heavy atom. The number of aromatic amines is 1. The topological polar surface area (TPSA) is 74.0 Å². The predicted molar refractivity (Wildman–Crippen MR) is 156 cm³/mol. The Kier molecular flexibility index (Phi) is 6.49. The van der Waals surface area contributed by atoms with E-state index in [0.29, 0.717) is 17.9 Å². The van der Waals surface area contributed by atoms with Crippen molar-refractivity contribution in [2.75, 3.05) is 5.32 Å². The Labute approximate surface area is 231 Å². The molecule has 5 aliphatic rings. The number of hydrogen-bond acceptors (Lipinski definition) is 2. The normalized spacial score (nSPS) is 31.7. The molecule has 5 fully saturated rings. The highest BCUT2D eigenvalue weighted by molar-refractivity contribution is 5.99. The third kappa shape index (κ3) is 5.01. The molecule has 8 rings (SSSR count). The molecule has 1 aromatic heterocycles. The Morgan fingerprint density at radius 1 is 0.795 bits per heavy atom. The number of fused-ring (bicyclic) bond motifs is 2. The van der Waals surface area contributed by atoms with E-state index in [2.05, 4.69) is 28.6 Å². The van der Waals surface area contributed by atoms with E-state index >= 15 is 0 Å². The second-order valence-corrected chi connectivity index (χ2v) is 13.3. The lowest BCUT2D eigenvalue weighted by Gasteiger charge is -2.44. The maximum Gasteiger partial charge on any atom is 0.251 e. The number of aromatic nitrogens is 1. The monoisotopic (exact) mass is 523 g/mol. The Balaban J connectivity index is 1.02. The predicted octanol–water partition coefficient (Wildman–Crippen LogP) is 7.54. The smallest absolute Gasteiger partial charge is 0.251 e. The summed E-state index contributed by atoms with van der Waals surface area (Å²) < 4.78 is 0. The van der Waals surface area contributed by atoms with Crippen LogP contribution in [0, 0.1) is 35.5 Å². The summed E-state index contributed by atoms with van der Waals surface area (Å²) in [7, 11) is 0. The number of H-pyrrole nitrogens is 1. The van der Waals surface area contributed by atoms with Gasteiger partial charge >= 0.3 is 0 Å². The van der Waals surface area contributed by atoms with E-state index in [-0.39, 0.29) is 17.7 Å². The number of hydrogen-bond donors (Lipinski definition) is 3. The van der Waals surface area contributed by atoms with E-state index in [1.807, 2.05) is 42.5 Å². The number of rotatable bonds is 5. The second-order valence-electron chi connectivity index (χ2n) is 13.3. The van der Waals surface area contributed by atoms with Gasteiger partial charge in [-0.25, -0.2) is 0 Å². The van der Waals surface area contributed by atoms with Crippen molar-refractivity contribution in [3.63, 3.8) is 0 Å². The fourth-order valence-corrected chi connectivity index (χ4v) is 8.44. The lowest BCUT2D eigenvalue weighted by molar-refractivity contribution is -0.121. The molecule has 0 aliphatic heterocycles. The van der Waals surface area contributed by atoms with E-state index in [0.717, 1.165) is 76.8 Å². The molecule has 2 aromatic carbocycles. The molecule has 5 aliphatic carbocycles. The Bertz CT molecular complexity index is 1360. The minimum atomic E-state index is 0.0737. The van der Waals surface area contributed by atoms with Crippen LogP contribution in [0.15, 0.2) is 48.5 Å². The number of nitrogens with one attached hydrogen (secondary N) is 3. The van der Waals surface area contributed by atoms with Gasteiger partial charge < -0.3 is 15.6 Å². The van der Waals surface area contributed by atoms with Gasteiger partial charge in [-0.3, -0.25) is 9.59 Å². The molecule has 5 nitrogen and oxygen atoms in total. The van der Waals surface area contributed by atoms with Crippen LogP contribution in [0.1, 0.15) is 81.5 Å². The molecule has 39 heavy (non-hydrogen) atoms. The molecule has 3 N–H and O–H groups in total. The van der Waals surface area contributed by atoms with Gasteiger partial charge in [-0.05, 0) is 129 Å². The summed E-state index contributed by atoms with van der Waals surface area (Å²) in [6.07, 6.45) is 12.2. The number of amides is 2. The first kappa shape index (κ1) is 24.9. The lowest BCUT2D eigenvalue weighted by atomic mass is 9.65. The van der Waals surface area contributed by atoms with Gasteiger partial charge in [0.25, 0.3) is 5.91 Å². The van der Waals surface area contributed by atoms with Crippen LogP contribution in [0.2, 0.25) is 0 Å². The van der Waals surface area contributed by atoms with Crippen molar-refractivity contribution < 1.29 is 9.59 Å². The molecule has 5 heteroatoms. The van der Waals surface area contributed by atoms with Gasteiger partial charge in [0, 0.05) is 39.8 Å². The molecule has 1 heterocycles. The van der Waals surface area contributed by atoms with Crippen molar-refractivity contribution in [3.8, 4) is 11.3 Å². The molecule has 0 spiro atoms. The van der Waals surface area contributed by atoms with Gasteiger partial charge in [0.15, 0.2) is 0 Å². The van der Waals surface area contributed by atoms with Crippen LogP contribution in [0.3, 0.4) is 0 Å². The third-order valence-corrected chi connectivity index (χ3v) is 10.6. The zero-order valence-electron chi connectivity index (χ0n) is 23.0. The number of anilines is 1.